The largest absolute Gasteiger partial charge is 0.349 e. The first-order valence-corrected chi connectivity index (χ1v) is 8.28. The summed E-state index contributed by atoms with van der Waals surface area (Å²) in [7, 11) is 1.86. The second-order valence-electron chi connectivity index (χ2n) is 6.21. The van der Waals surface area contributed by atoms with Crippen molar-refractivity contribution in [2.45, 2.75) is 18.9 Å². The number of rotatable bonds is 4. The fourth-order valence-electron chi connectivity index (χ4n) is 3.19. The van der Waals surface area contributed by atoms with E-state index in [4.69, 9.17) is 11.6 Å². The van der Waals surface area contributed by atoms with Crippen LogP contribution < -0.4 is 10.6 Å². The van der Waals surface area contributed by atoms with Crippen molar-refractivity contribution in [1.82, 2.24) is 20.4 Å². The monoisotopic (exact) mass is 350 g/mol. The number of aromatic nitrogens is 2. The second kappa shape index (κ2) is 6.91. The molecule has 0 saturated carbocycles. The minimum absolute atomic E-state index is 0.0401. The summed E-state index contributed by atoms with van der Waals surface area (Å²) in [6.45, 7) is 3.21. The van der Waals surface area contributed by atoms with Crippen molar-refractivity contribution in [3.63, 3.8) is 0 Å². The Morgan fingerprint density at radius 3 is 2.96 bits per heavy atom. The molecule has 7 heteroatoms. The maximum atomic E-state index is 13.2. The molecule has 5 nitrogen and oxygen atoms in total. The number of benzene rings is 1. The van der Waals surface area contributed by atoms with Crippen LogP contribution >= 0.6 is 11.6 Å². The number of hydrogen-bond acceptors (Lipinski definition) is 3. The highest BCUT2D eigenvalue weighted by Crippen LogP contribution is 2.29. The van der Waals surface area contributed by atoms with Gasteiger partial charge in [-0.3, -0.25) is 9.48 Å². The summed E-state index contributed by atoms with van der Waals surface area (Å²) in [6, 6.07) is 3.92. The van der Waals surface area contributed by atoms with E-state index in [0.29, 0.717) is 17.1 Å². The molecule has 0 aliphatic carbocycles. The summed E-state index contributed by atoms with van der Waals surface area (Å²) in [5.74, 6) is -0.508. The van der Waals surface area contributed by atoms with Gasteiger partial charge in [0.15, 0.2) is 0 Å². The molecule has 1 amide bonds. The van der Waals surface area contributed by atoms with Crippen molar-refractivity contribution in [2.24, 2.45) is 13.0 Å². The molecule has 3 rings (SSSR count). The Labute approximate surface area is 145 Å². The predicted molar refractivity (Wildman–Crippen MR) is 90.3 cm³/mol. The molecule has 3 atom stereocenters. The molecule has 2 aromatic rings. The molecule has 0 spiro atoms. The van der Waals surface area contributed by atoms with E-state index in [1.807, 2.05) is 20.2 Å². The van der Waals surface area contributed by atoms with Gasteiger partial charge in [0.05, 0.1) is 18.2 Å². The number of halogens is 2. The van der Waals surface area contributed by atoms with E-state index in [-0.39, 0.29) is 29.6 Å². The molecule has 1 aromatic carbocycles. The molecule has 1 aliphatic rings. The number of nitrogens with zero attached hydrogens (tertiary/aromatic N) is 2. The Morgan fingerprint density at radius 1 is 1.50 bits per heavy atom. The van der Waals surface area contributed by atoms with E-state index in [1.165, 1.54) is 12.1 Å². The fraction of sp³-hybridized carbons (Fsp3) is 0.412. The highest BCUT2D eigenvalue weighted by molar-refractivity contribution is 6.31. The van der Waals surface area contributed by atoms with E-state index >= 15 is 0 Å². The maximum absolute atomic E-state index is 13.2. The molecule has 0 bridgehead atoms. The first-order valence-electron chi connectivity index (χ1n) is 7.90. The number of carbonyl (C=O) groups excluding carboxylic acids is 1. The van der Waals surface area contributed by atoms with Gasteiger partial charge in [-0.1, -0.05) is 17.7 Å². The van der Waals surface area contributed by atoms with Gasteiger partial charge >= 0.3 is 0 Å². The van der Waals surface area contributed by atoms with E-state index in [2.05, 4.69) is 15.7 Å². The Bertz CT molecular complexity index is 748. The summed E-state index contributed by atoms with van der Waals surface area (Å²) in [6.07, 6.45) is 3.75. The molecule has 1 unspecified atom stereocenters. The van der Waals surface area contributed by atoms with Gasteiger partial charge in [0.25, 0.3) is 0 Å². The zero-order valence-electron chi connectivity index (χ0n) is 13.6. The SMILES string of the molecule is CC(NC(=O)[C@H]1CNC[C@@H]1c1cnn(C)c1)c1ccc(F)cc1Cl. The van der Waals surface area contributed by atoms with Crippen molar-refractivity contribution in [2.75, 3.05) is 13.1 Å². The number of nitrogens with one attached hydrogen (secondary N) is 2. The van der Waals surface area contributed by atoms with Crippen LogP contribution in [0.5, 0.6) is 0 Å². The average Bonchev–Trinajstić information content (AvgIpc) is 3.15. The van der Waals surface area contributed by atoms with Gasteiger partial charge in [0, 0.05) is 37.3 Å². The van der Waals surface area contributed by atoms with Gasteiger partial charge in [0.1, 0.15) is 5.82 Å². The van der Waals surface area contributed by atoms with Gasteiger partial charge in [-0.2, -0.15) is 5.10 Å². The predicted octanol–water partition coefficient (Wildman–Crippen LogP) is 2.39. The Morgan fingerprint density at radius 2 is 2.29 bits per heavy atom. The summed E-state index contributed by atoms with van der Waals surface area (Å²) in [4.78, 5) is 12.7. The van der Waals surface area contributed by atoms with E-state index in [1.54, 1.807) is 16.9 Å². The molecule has 1 aliphatic heterocycles. The van der Waals surface area contributed by atoms with Crippen LogP contribution in [0.1, 0.15) is 30.0 Å². The van der Waals surface area contributed by atoms with Gasteiger partial charge in [-0.15, -0.1) is 0 Å². The van der Waals surface area contributed by atoms with Gasteiger partial charge in [-0.25, -0.2) is 4.39 Å². The quantitative estimate of drug-likeness (QED) is 0.890. The van der Waals surface area contributed by atoms with Crippen molar-refractivity contribution < 1.29 is 9.18 Å². The molecule has 0 radical (unpaired) electrons. The van der Waals surface area contributed by atoms with Gasteiger partial charge in [-0.05, 0) is 30.2 Å². The number of hydrogen-bond donors (Lipinski definition) is 2. The minimum atomic E-state index is -0.390. The second-order valence-corrected chi connectivity index (χ2v) is 6.62. The lowest BCUT2D eigenvalue weighted by Gasteiger charge is -2.21. The zero-order chi connectivity index (χ0) is 17.3. The standard InChI is InChI=1S/C17H20ClFN4O/c1-10(13-4-3-12(19)5-16(13)18)22-17(24)15-8-20-7-14(15)11-6-21-23(2)9-11/h3-6,9-10,14-15,20H,7-8H2,1-2H3,(H,22,24)/t10?,14-,15+/m1/s1. The maximum Gasteiger partial charge on any atom is 0.225 e. The first kappa shape index (κ1) is 16.9. The first-order chi connectivity index (χ1) is 11.5. The van der Waals surface area contributed by atoms with Crippen molar-refractivity contribution in [1.29, 1.82) is 0 Å². The lowest BCUT2D eigenvalue weighted by atomic mass is 9.90. The smallest absolute Gasteiger partial charge is 0.225 e. The van der Waals surface area contributed by atoms with E-state index < -0.39 is 0 Å². The fourth-order valence-corrected chi connectivity index (χ4v) is 3.52. The third-order valence-electron chi connectivity index (χ3n) is 4.49. The number of carbonyl (C=O) groups is 1. The van der Waals surface area contributed by atoms with Crippen LogP contribution in [-0.4, -0.2) is 28.8 Å². The average molecular weight is 351 g/mol. The zero-order valence-corrected chi connectivity index (χ0v) is 14.3. The van der Waals surface area contributed by atoms with Gasteiger partial charge in [0.2, 0.25) is 5.91 Å². The van der Waals surface area contributed by atoms with Crippen LogP contribution in [0.15, 0.2) is 30.6 Å². The molecule has 2 heterocycles. The van der Waals surface area contributed by atoms with E-state index in [9.17, 15) is 9.18 Å². The van der Waals surface area contributed by atoms with Crippen LogP contribution in [0.2, 0.25) is 5.02 Å². The highest BCUT2D eigenvalue weighted by Gasteiger charge is 2.35. The molecule has 2 N–H and O–H groups in total. The summed E-state index contributed by atoms with van der Waals surface area (Å²) >= 11 is 6.08. The molecule has 1 aromatic heterocycles. The molecular formula is C17H20ClFN4O. The van der Waals surface area contributed by atoms with Crippen LogP contribution in [0, 0.1) is 11.7 Å². The minimum Gasteiger partial charge on any atom is -0.349 e. The third-order valence-corrected chi connectivity index (χ3v) is 4.82. The molecule has 1 fully saturated rings. The van der Waals surface area contributed by atoms with Crippen LogP contribution in [0.3, 0.4) is 0 Å². The van der Waals surface area contributed by atoms with Crippen LogP contribution in [0.25, 0.3) is 0 Å². The number of aryl methyl sites for hydroxylation is 1. The molecular weight excluding hydrogens is 331 g/mol. The van der Waals surface area contributed by atoms with Crippen LogP contribution in [-0.2, 0) is 11.8 Å². The lowest BCUT2D eigenvalue weighted by Crippen LogP contribution is -2.36. The van der Waals surface area contributed by atoms with Crippen molar-refractivity contribution >= 4 is 17.5 Å². The summed E-state index contributed by atoms with van der Waals surface area (Å²) < 4.78 is 14.9. The van der Waals surface area contributed by atoms with Gasteiger partial charge < -0.3 is 10.6 Å². The third kappa shape index (κ3) is 3.44. The van der Waals surface area contributed by atoms with Crippen molar-refractivity contribution in [3.05, 3.63) is 52.6 Å². The topological polar surface area (TPSA) is 59.0 Å². The summed E-state index contributed by atoms with van der Waals surface area (Å²) in [5, 5.41) is 10.8. The Hall–Kier alpha value is -1.92. The van der Waals surface area contributed by atoms with Crippen molar-refractivity contribution in [3.8, 4) is 0 Å². The molecule has 24 heavy (non-hydrogen) atoms. The summed E-state index contributed by atoms with van der Waals surface area (Å²) in [5.41, 5.74) is 1.76. The Kier molecular flexibility index (Phi) is 4.87. The number of amides is 1. The highest BCUT2D eigenvalue weighted by atomic mass is 35.5. The van der Waals surface area contributed by atoms with E-state index in [0.717, 1.165) is 12.1 Å². The normalized spacial score (nSPS) is 21.7. The molecule has 128 valence electrons. The lowest BCUT2D eigenvalue weighted by molar-refractivity contribution is -0.125. The van der Waals surface area contributed by atoms with Crippen LogP contribution in [0.4, 0.5) is 4.39 Å². The molecule has 1 saturated heterocycles. The Balaban J connectivity index is 1.71.